The van der Waals surface area contributed by atoms with E-state index in [0.717, 1.165) is 12.3 Å². The van der Waals surface area contributed by atoms with Crippen LogP contribution in [0.1, 0.15) is 0 Å². The fraction of sp³-hybridized carbons (Fsp3) is 0.556. The van der Waals surface area contributed by atoms with Crippen molar-refractivity contribution in [2.45, 2.75) is 24.3 Å². The van der Waals surface area contributed by atoms with Crippen molar-refractivity contribution in [2.75, 3.05) is 6.61 Å². The molecule has 0 aromatic carbocycles. The van der Waals surface area contributed by atoms with Crippen LogP contribution < -0.4 is 11.2 Å². The number of hydrogen-bond donors (Lipinski definition) is 4. The van der Waals surface area contributed by atoms with Gasteiger partial charge in [0, 0.05) is 12.3 Å². The largest absolute Gasteiger partial charge is 0.394 e. The number of aromatic nitrogens is 2. The number of rotatable bonds is 2. The molecule has 0 aliphatic carbocycles. The second kappa shape index (κ2) is 4.28. The molecule has 1 saturated heterocycles. The van der Waals surface area contributed by atoms with E-state index in [0.29, 0.717) is 4.57 Å². The first-order valence-corrected chi connectivity index (χ1v) is 5.06. The number of nitrogens with zero attached hydrogens (tertiary/aromatic N) is 1. The molecule has 4 unspecified atom stereocenters. The van der Waals surface area contributed by atoms with Crippen molar-refractivity contribution < 1.29 is 24.4 Å². The highest BCUT2D eigenvalue weighted by Gasteiger charge is 2.57. The molecule has 0 spiro atoms. The van der Waals surface area contributed by atoms with Gasteiger partial charge in [0.1, 0.15) is 12.2 Å². The van der Waals surface area contributed by atoms with Gasteiger partial charge in [-0.1, -0.05) is 0 Å². The summed E-state index contributed by atoms with van der Waals surface area (Å²) in [4.78, 5) is 24.0. The van der Waals surface area contributed by atoms with Crippen LogP contribution in [0.25, 0.3) is 0 Å². The molecule has 4 N–H and O–H groups in total. The third-order valence-electron chi connectivity index (χ3n) is 2.72. The summed E-state index contributed by atoms with van der Waals surface area (Å²) in [5, 5.41) is 27.8. The minimum absolute atomic E-state index is 0.304. The fourth-order valence-corrected chi connectivity index (χ4v) is 1.77. The van der Waals surface area contributed by atoms with Gasteiger partial charge in [0.05, 0.1) is 6.61 Å². The monoisotopic (exact) mass is 262 g/mol. The van der Waals surface area contributed by atoms with E-state index in [9.17, 15) is 24.2 Å². The van der Waals surface area contributed by atoms with Crippen LogP contribution >= 0.6 is 0 Å². The normalized spacial score (nSPS) is 35.9. The first-order chi connectivity index (χ1) is 8.40. The summed E-state index contributed by atoms with van der Waals surface area (Å²) in [5.41, 5.74) is -1.89. The lowest BCUT2D eigenvalue weighted by atomic mass is 10.1. The van der Waals surface area contributed by atoms with Crippen LogP contribution in [0.4, 0.5) is 4.39 Å². The molecule has 100 valence electrons. The van der Waals surface area contributed by atoms with Crippen molar-refractivity contribution in [3.63, 3.8) is 0 Å². The Morgan fingerprint density at radius 3 is 2.67 bits per heavy atom. The van der Waals surface area contributed by atoms with Gasteiger partial charge in [-0.05, 0) is 0 Å². The smallest absolute Gasteiger partial charge is 0.332 e. The van der Waals surface area contributed by atoms with E-state index in [2.05, 4.69) is 4.74 Å². The van der Waals surface area contributed by atoms with E-state index in [1.165, 1.54) is 0 Å². The van der Waals surface area contributed by atoms with E-state index in [4.69, 9.17) is 5.11 Å². The average molecular weight is 262 g/mol. The van der Waals surface area contributed by atoms with Crippen molar-refractivity contribution in [3.8, 4) is 0 Å². The van der Waals surface area contributed by atoms with Gasteiger partial charge in [-0.2, -0.15) is 4.39 Å². The van der Waals surface area contributed by atoms with Crippen LogP contribution in [0.15, 0.2) is 21.9 Å². The van der Waals surface area contributed by atoms with Crippen molar-refractivity contribution in [2.24, 2.45) is 0 Å². The predicted molar refractivity (Wildman–Crippen MR) is 54.4 cm³/mol. The van der Waals surface area contributed by atoms with Crippen molar-refractivity contribution in [1.29, 1.82) is 0 Å². The SMILES string of the molecule is O=c1ccn(C2(F)OC(CO)C(O)C2O)c(=O)[nH]1. The lowest BCUT2D eigenvalue weighted by molar-refractivity contribution is -0.239. The molecular formula is C9H11FN2O6. The molecule has 1 aromatic heterocycles. The number of aromatic amines is 1. The lowest BCUT2D eigenvalue weighted by Gasteiger charge is -2.24. The summed E-state index contributed by atoms with van der Waals surface area (Å²) in [7, 11) is 0. The maximum absolute atomic E-state index is 14.4. The molecular weight excluding hydrogens is 251 g/mol. The highest BCUT2D eigenvalue weighted by atomic mass is 19.2. The summed E-state index contributed by atoms with van der Waals surface area (Å²) >= 11 is 0. The van der Waals surface area contributed by atoms with Gasteiger partial charge in [-0.25, -0.2) is 9.36 Å². The predicted octanol–water partition coefficient (Wildman–Crippen LogP) is -2.77. The van der Waals surface area contributed by atoms with Gasteiger partial charge >= 0.3 is 11.7 Å². The van der Waals surface area contributed by atoms with Gasteiger partial charge in [-0.15, -0.1) is 0 Å². The van der Waals surface area contributed by atoms with Crippen molar-refractivity contribution >= 4 is 0 Å². The van der Waals surface area contributed by atoms with Gasteiger partial charge < -0.3 is 20.1 Å². The van der Waals surface area contributed by atoms with E-state index in [1.54, 1.807) is 4.98 Å². The van der Waals surface area contributed by atoms with Gasteiger partial charge in [0.15, 0.2) is 6.10 Å². The zero-order valence-electron chi connectivity index (χ0n) is 8.99. The Bertz CT molecular complexity index is 556. The number of aliphatic hydroxyl groups is 3. The Morgan fingerprint density at radius 1 is 1.50 bits per heavy atom. The number of nitrogens with one attached hydrogen (secondary N) is 1. The van der Waals surface area contributed by atoms with E-state index >= 15 is 0 Å². The molecule has 2 rings (SSSR count). The van der Waals surface area contributed by atoms with Gasteiger partial charge in [-0.3, -0.25) is 9.78 Å². The highest BCUT2D eigenvalue weighted by Crippen LogP contribution is 2.35. The number of H-pyrrole nitrogens is 1. The molecule has 0 radical (unpaired) electrons. The zero-order valence-corrected chi connectivity index (χ0v) is 8.99. The highest BCUT2D eigenvalue weighted by molar-refractivity contribution is 4.96. The summed E-state index contributed by atoms with van der Waals surface area (Å²) in [6, 6.07) is 0.859. The first-order valence-electron chi connectivity index (χ1n) is 5.06. The Kier molecular flexibility index (Phi) is 3.07. The zero-order chi connectivity index (χ0) is 13.5. The van der Waals surface area contributed by atoms with Gasteiger partial charge in [0.25, 0.3) is 5.56 Å². The summed E-state index contributed by atoms with van der Waals surface area (Å²) in [6.45, 7) is -0.734. The van der Waals surface area contributed by atoms with Crippen LogP contribution in [0.2, 0.25) is 0 Å². The third-order valence-corrected chi connectivity index (χ3v) is 2.72. The van der Waals surface area contributed by atoms with Crippen molar-refractivity contribution in [3.05, 3.63) is 33.1 Å². The number of halogens is 1. The quantitative estimate of drug-likeness (QED) is 0.457. The van der Waals surface area contributed by atoms with E-state index in [-0.39, 0.29) is 0 Å². The van der Waals surface area contributed by atoms with Crippen LogP contribution in [0.3, 0.4) is 0 Å². The Balaban J connectivity index is 2.49. The number of alkyl halides is 1. The van der Waals surface area contributed by atoms with Crippen LogP contribution in [0, 0.1) is 0 Å². The topological polar surface area (TPSA) is 125 Å². The Labute approximate surface area is 98.9 Å². The molecule has 1 fully saturated rings. The van der Waals surface area contributed by atoms with Crippen molar-refractivity contribution in [1.82, 2.24) is 9.55 Å². The summed E-state index contributed by atoms with van der Waals surface area (Å²) in [6.07, 6.45) is -4.35. The molecule has 1 aliphatic rings. The standard InChI is InChI=1S/C9H11FN2O6/c10-9(7(16)6(15)4(3-13)18-9)12-2-1-5(14)11-8(12)17/h1-2,4,6-7,13,15-16H,3H2,(H,11,14,17). The Morgan fingerprint density at radius 2 is 2.17 bits per heavy atom. The molecule has 0 bridgehead atoms. The van der Waals surface area contributed by atoms with Crippen LogP contribution in [-0.4, -0.2) is 49.8 Å². The molecule has 1 aliphatic heterocycles. The fourth-order valence-electron chi connectivity index (χ4n) is 1.77. The second-order valence-corrected chi connectivity index (χ2v) is 3.86. The molecule has 4 atom stereocenters. The maximum Gasteiger partial charge on any atom is 0.332 e. The van der Waals surface area contributed by atoms with E-state index in [1.807, 2.05) is 0 Å². The van der Waals surface area contributed by atoms with Crippen LogP contribution in [-0.2, 0) is 10.7 Å². The summed E-state index contributed by atoms with van der Waals surface area (Å²) < 4.78 is 19.4. The maximum atomic E-state index is 14.4. The summed E-state index contributed by atoms with van der Waals surface area (Å²) in [5.74, 6) is -3.05. The first kappa shape index (κ1) is 12.9. The van der Waals surface area contributed by atoms with E-state index < -0.39 is 42.1 Å². The molecule has 0 saturated carbocycles. The number of aliphatic hydroxyl groups excluding tert-OH is 3. The molecule has 2 heterocycles. The molecule has 8 nitrogen and oxygen atoms in total. The molecule has 18 heavy (non-hydrogen) atoms. The second-order valence-electron chi connectivity index (χ2n) is 3.86. The lowest BCUT2D eigenvalue weighted by Crippen LogP contribution is -2.48. The van der Waals surface area contributed by atoms with Gasteiger partial charge in [0.2, 0.25) is 0 Å². The van der Waals surface area contributed by atoms with Crippen LogP contribution in [0.5, 0.6) is 0 Å². The molecule has 9 heteroatoms. The average Bonchev–Trinajstić information content (AvgIpc) is 2.54. The number of hydrogen-bond acceptors (Lipinski definition) is 6. The molecule has 1 aromatic rings. The minimum atomic E-state index is -3.05. The number of ether oxygens (including phenoxy) is 1. The minimum Gasteiger partial charge on any atom is -0.394 e. The molecule has 0 amide bonds. The third kappa shape index (κ3) is 1.77. The Hall–Kier alpha value is -1.55.